The van der Waals surface area contributed by atoms with Gasteiger partial charge in [0.2, 0.25) is 0 Å². The molecule has 0 bridgehead atoms. The number of amides is 1. The molecule has 0 saturated carbocycles. The highest BCUT2D eigenvalue weighted by atomic mass is 35.5. The number of anilines is 1. The molecule has 1 aromatic carbocycles. The van der Waals surface area contributed by atoms with Crippen molar-refractivity contribution < 1.29 is 13.7 Å². The summed E-state index contributed by atoms with van der Waals surface area (Å²) in [7, 11) is 0. The zero-order chi connectivity index (χ0) is 21.5. The van der Waals surface area contributed by atoms with Crippen LogP contribution in [0.4, 0.5) is 10.1 Å². The second-order valence-electron chi connectivity index (χ2n) is 8.86. The van der Waals surface area contributed by atoms with Crippen molar-refractivity contribution in [1.29, 1.82) is 0 Å². The molecular weight excluding hydrogens is 407 g/mol. The van der Waals surface area contributed by atoms with Crippen molar-refractivity contribution in [3.8, 4) is 0 Å². The molecule has 0 radical (unpaired) electrons. The number of hydrogen-bond donors (Lipinski definition) is 1. The fraction of sp³-hybridized carbons (Fsp3) is 0.409. The zero-order valence-corrected chi connectivity index (χ0v) is 18.0. The van der Waals surface area contributed by atoms with Crippen LogP contribution in [0.15, 0.2) is 35.1 Å². The fourth-order valence-electron chi connectivity index (χ4n) is 3.85. The lowest BCUT2D eigenvalue weighted by Gasteiger charge is -2.33. The molecule has 1 unspecified atom stereocenters. The fourth-order valence-corrected chi connectivity index (χ4v) is 4.08. The first kappa shape index (κ1) is 20.6. The van der Waals surface area contributed by atoms with Crippen LogP contribution in [0.5, 0.6) is 0 Å². The molecule has 0 saturated heterocycles. The summed E-state index contributed by atoms with van der Waals surface area (Å²) in [5.41, 5.74) is 2.68. The summed E-state index contributed by atoms with van der Waals surface area (Å²) in [6, 6.07) is 4.23. The van der Waals surface area contributed by atoms with E-state index in [1.165, 1.54) is 12.1 Å². The van der Waals surface area contributed by atoms with E-state index in [0.717, 1.165) is 36.1 Å². The minimum atomic E-state index is -0.387. The molecule has 0 fully saturated rings. The Kier molecular flexibility index (Phi) is 5.40. The van der Waals surface area contributed by atoms with E-state index >= 15 is 0 Å². The maximum atomic E-state index is 13.2. The van der Waals surface area contributed by atoms with Gasteiger partial charge in [-0.1, -0.05) is 43.6 Å². The first-order chi connectivity index (χ1) is 14.2. The second kappa shape index (κ2) is 7.87. The number of aryl methyl sites for hydroxylation is 1. The van der Waals surface area contributed by atoms with Crippen LogP contribution in [0.1, 0.15) is 54.6 Å². The molecule has 158 valence electrons. The Bertz CT molecular complexity index is 1080. The molecule has 4 rings (SSSR count). The van der Waals surface area contributed by atoms with Crippen LogP contribution in [0.3, 0.4) is 0 Å². The van der Waals surface area contributed by atoms with Gasteiger partial charge in [-0.3, -0.25) is 9.48 Å². The Balaban J connectivity index is 1.46. The Morgan fingerprint density at radius 2 is 2.20 bits per heavy atom. The highest BCUT2D eigenvalue weighted by molar-refractivity contribution is 6.31. The number of carbonyl (C=O) groups is 1. The normalized spacial score (nSPS) is 16.4. The monoisotopic (exact) mass is 430 g/mol. The number of nitrogens with one attached hydrogen (secondary N) is 1. The Morgan fingerprint density at radius 3 is 2.93 bits per heavy atom. The molecule has 0 spiro atoms. The molecule has 1 amide bonds. The van der Waals surface area contributed by atoms with Crippen molar-refractivity contribution in [1.82, 2.24) is 14.9 Å². The van der Waals surface area contributed by atoms with Crippen LogP contribution in [-0.2, 0) is 19.4 Å². The van der Waals surface area contributed by atoms with Gasteiger partial charge >= 0.3 is 0 Å². The third-order valence-corrected chi connectivity index (χ3v) is 6.07. The van der Waals surface area contributed by atoms with E-state index in [0.29, 0.717) is 28.9 Å². The van der Waals surface area contributed by atoms with Crippen LogP contribution in [-0.4, -0.2) is 20.8 Å². The smallest absolute Gasteiger partial charge is 0.278 e. The summed E-state index contributed by atoms with van der Waals surface area (Å²) in [5, 5.41) is 11.5. The Labute approximate surface area is 179 Å². The number of carbonyl (C=O) groups excluding carboxylic acids is 1. The standard InChI is InChI=1S/C22H24ClFN4O2/c1-22(2,3)14-5-7-19-17(8-14)20(27-30-19)21(29)26-16-10-25-28(12-16)11-13-4-6-15(24)9-18(13)23/h4,6,9-10,12,14H,5,7-8,11H2,1-3H3,(H,26,29). The average Bonchev–Trinajstić information content (AvgIpc) is 3.29. The lowest BCUT2D eigenvalue weighted by Crippen LogP contribution is -2.27. The molecule has 1 N–H and O–H groups in total. The van der Waals surface area contributed by atoms with Gasteiger partial charge < -0.3 is 9.84 Å². The number of rotatable bonds is 4. The third-order valence-electron chi connectivity index (χ3n) is 5.72. The summed E-state index contributed by atoms with van der Waals surface area (Å²) in [6.07, 6.45) is 5.87. The van der Waals surface area contributed by atoms with Crippen LogP contribution >= 0.6 is 11.6 Å². The lowest BCUT2D eigenvalue weighted by molar-refractivity contribution is 0.101. The number of aromatic nitrogens is 3. The molecule has 2 heterocycles. The number of benzene rings is 1. The quantitative estimate of drug-likeness (QED) is 0.623. The molecule has 2 aromatic heterocycles. The van der Waals surface area contributed by atoms with Crippen molar-refractivity contribution in [2.45, 2.75) is 46.6 Å². The summed E-state index contributed by atoms with van der Waals surface area (Å²) < 4.78 is 20.3. The first-order valence-electron chi connectivity index (χ1n) is 9.96. The summed E-state index contributed by atoms with van der Waals surface area (Å²) in [6.45, 7) is 7.02. The minimum Gasteiger partial charge on any atom is -0.360 e. The van der Waals surface area contributed by atoms with E-state index in [4.69, 9.17) is 16.1 Å². The van der Waals surface area contributed by atoms with Crippen LogP contribution in [0, 0.1) is 17.2 Å². The van der Waals surface area contributed by atoms with Crippen LogP contribution in [0.25, 0.3) is 0 Å². The highest BCUT2D eigenvalue weighted by Crippen LogP contribution is 2.38. The minimum absolute atomic E-state index is 0.158. The topological polar surface area (TPSA) is 73.0 Å². The predicted molar refractivity (Wildman–Crippen MR) is 112 cm³/mol. The second-order valence-corrected chi connectivity index (χ2v) is 9.26. The molecule has 6 nitrogen and oxygen atoms in total. The van der Waals surface area contributed by atoms with Crippen molar-refractivity contribution in [3.63, 3.8) is 0 Å². The van der Waals surface area contributed by atoms with E-state index < -0.39 is 0 Å². The average molecular weight is 431 g/mol. The van der Waals surface area contributed by atoms with Gasteiger partial charge in [0.1, 0.15) is 11.6 Å². The van der Waals surface area contributed by atoms with E-state index in [2.05, 4.69) is 36.3 Å². The van der Waals surface area contributed by atoms with E-state index in [-0.39, 0.29) is 17.1 Å². The van der Waals surface area contributed by atoms with Crippen molar-refractivity contribution in [3.05, 3.63) is 64.0 Å². The van der Waals surface area contributed by atoms with Gasteiger partial charge in [0.05, 0.1) is 18.4 Å². The summed E-state index contributed by atoms with van der Waals surface area (Å²) >= 11 is 6.08. The van der Waals surface area contributed by atoms with Gasteiger partial charge in [-0.2, -0.15) is 5.10 Å². The zero-order valence-electron chi connectivity index (χ0n) is 17.2. The maximum absolute atomic E-state index is 13.2. The highest BCUT2D eigenvalue weighted by Gasteiger charge is 2.34. The molecular formula is C22H24ClFN4O2. The van der Waals surface area contributed by atoms with E-state index in [1.807, 2.05) is 0 Å². The lowest BCUT2D eigenvalue weighted by atomic mass is 9.71. The molecule has 1 aliphatic rings. The van der Waals surface area contributed by atoms with Crippen molar-refractivity contribution in [2.75, 3.05) is 5.32 Å². The molecule has 30 heavy (non-hydrogen) atoms. The third kappa shape index (κ3) is 4.26. The van der Waals surface area contributed by atoms with Gasteiger partial charge in [-0.15, -0.1) is 0 Å². The molecule has 1 aliphatic carbocycles. The van der Waals surface area contributed by atoms with Crippen LogP contribution in [0.2, 0.25) is 5.02 Å². The Morgan fingerprint density at radius 1 is 1.40 bits per heavy atom. The molecule has 8 heteroatoms. The number of halogens is 2. The van der Waals surface area contributed by atoms with Gasteiger partial charge in [0, 0.05) is 23.2 Å². The SMILES string of the molecule is CC(C)(C)C1CCc2onc(C(=O)Nc3cnn(Cc4ccc(F)cc4Cl)c3)c2C1. The van der Waals surface area contributed by atoms with Crippen LogP contribution < -0.4 is 5.32 Å². The molecule has 0 aliphatic heterocycles. The summed E-state index contributed by atoms with van der Waals surface area (Å²) in [5.74, 6) is 0.581. The largest absolute Gasteiger partial charge is 0.360 e. The van der Waals surface area contributed by atoms with Gasteiger partial charge in [0.25, 0.3) is 5.91 Å². The van der Waals surface area contributed by atoms with Crippen molar-refractivity contribution >= 4 is 23.2 Å². The van der Waals surface area contributed by atoms with Gasteiger partial charge in [-0.25, -0.2) is 4.39 Å². The Hall–Kier alpha value is -2.67. The number of hydrogen-bond acceptors (Lipinski definition) is 4. The first-order valence-corrected chi connectivity index (χ1v) is 10.3. The van der Waals surface area contributed by atoms with E-state index in [1.54, 1.807) is 23.1 Å². The van der Waals surface area contributed by atoms with Gasteiger partial charge in [-0.05, 0) is 41.9 Å². The van der Waals surface area contributed by atoms with Gasteiger partial charge in [0.15, 0.2) is 5.69 Å². The van der Waals surface area contributed by atoms with Crippen molar-refractivity contribution in [2.24, 2.45) is 11.3 Å². The predicted octanol–water partition coefficient (Wildman–Crippen LogP) is 5.12. The number of fused-ring (bicyclic) bond motifs is 1. The van der Waals surface area contributed by atoms with E-state index in [9.17, 15) is 9.18 Å². The molecule has 3 aromatic rings. The number of nitrogens with zero attached hydrogens (tertiary/aromatic N) is 3. The summed E-state index contributed by atoms with van der Waals surface area (Å²) in [4.78, 5) is 12.8. The molecule has 1 atom stereocenters. The maximum Gasteiger partial charge on any atom is 0.278 e.